The number of carbonyl (C=O) groups excluding carboxylic acids is 1. The molecule has 4 aliphatic rings. The van der Waals surface area contributed by atoms with Gasteiger partial charge in [-0.25, -0.2) is 0 Å². The second-order valence-corrected chi connectivity index (χ2v) is 6.64. The van der Waals surface area contributed by atoms with Crippen LogP contribution in [-0.4, -0.2) is 17.9 Å². The number of halogens is 1. The van der Waals surface area contributed by atoms with Crippen LogP contribution in [0, 0.1) is 23.2 Å². The predicted octanol–water partition coefficient (Wildman–Crippen LogP) is 2.75. The highest BCUT2D eigenvalue weighted by Gasteiger charge is 2.60. The molecule has 4 rings (SSSR count). The number of alkyl halides is 1. The van der Waals surface area contributed by atoms with E-state index in [1.165, 1.54) is 26.4 Å². The summed E-state index contributed by atoms with van der Waals surface area (Å²) in [6, 6.07) is 0. The van der Waals surface area contributed by atoms with Gasteiger partial charge < -0.3 is 4.74 Å². The maximum Gasteiger partial charge on any atom is 0.312 e. The van der Waals surface area contributed by atoms with E-state index in [1.807, 2.05) is 0 Å². The molecule has 0 saturated heterocycles. The third-order valence-corrected chi connectivity index (χ3v) is 6.40. The van der Waals surface area contributed by atoms with Gasteiger partial charge in [-0.3, -0.25) is 4.79 Å². The number of carbonyl (C=O) groups is 1. The highest BCUT2D eigenvalue weighted by Crippen LogP contribution is 2.62. The Morgan fingerprint density at radius 3 is 2.40 bits per heavy atom. The van der Waals surface area contributed by atoms with Crippen molar-refractivity contribution in [2.24, 2.45) is 23.2 Å². The molecule has 3 heteroatoms. The van der Waals surface area contributed by atoms with Crippen molar-refractivity contribution in [2.75, 3.05) is 7.11 Å². The monoisotopic (exact) mass is 272 g/mol. The molecule has 4 aliphatic carbocycles. The van der Waals surface area contributed by atoms with Gasteiger partial charge in [0.2, 0.25) is 0 Å². The van der Waals surface area contributed by atoms with E-state index in [2.05, 4.69) is 15.9 Å². The van der Waals surface area contributed by atoms with Crippen LogP contribution < -0.4 is 0 Å². The fourth-order valence-corrected chi connectivity index (χ4v) is 5.45. The summed E-state index contributed by atoms with van der Waals surface area (Å²) in [5.41, 5.74) is -0.177. The zero-order valence-corrected chi connectivity index (χ0v) is 10.6. The molecule has 3 atom stereocenters. The second kappa shape index (κ2) is 3.22. The van der Waals surface area contributed by atoms with Gasteiger partial charge in [-0.05, 0) is 49.9 Å². The van der Waals surface area contributed by atoms with Crippen molar-refractivity contribution < 1.29 is 9.53 Å². The Balaban J connectivity index is 1.97. The molecule has 0 heterocycles. The minimum absolute atomic E-state index is 0.0310. The second-order valence-electron chi connectivity index (χ2n) is 5.66. The number of methoxy groups -OCH3 is 1. The van der Waals surface area contributed by atoms with E-state index in [0.29, 0.717) is 4.83 Å². The Morgan fingerprint density at radius 2 is 1.87 bits per heavy atom. The Kier molecular flexibility index (Phi) is 2.17. The Morgan fingerprint density at radius 1 is 1.27 bits per heavy atom. The van der Waals surface area contributed by atoms with Crippen molar-refractivity contribution in [3.63, 3.8) is 0 Å². The molecule has 4 fully saturated rings. The molecule has 0 N–H and O–H groups in total. The molecule has 0 spiro atoms. The third-order valence-electron chi connectivity index (χ3n) is 4.78. The lowest BCUT2D eigenvalue weighted by molar-refractivity contribution is -0.166. The van der Waals surface area contributed by atoms with Gasteiger partial charge in [-0.2, -0.15) is 0 Å². The molecular weight excluding hydrogens is 256 g/mol. The molecule has 0 radical (unpaired) electrons. The van der Waals surface area contributed by atoms with Gasteiger partial charge in [-0.15, -0.1) is 0 Å². The third kappa shape index (κ3) is 1.25. The van der Waals surface area contributed by atoms with E-state index in [4.69, 9.17) is 4.74 Å². The highest BCUT2D eigenvalue weighted by molar-refractivity contribution is 9.09. The largest absolute Gasteiger partial charge is 0.469 e. The topological polar surface area (TPSA) is 26.3 Å². The fraction of sp³-hybridized carbons (Fsp3) is 0.917. The fourth-order valence-electron chi connectivity index (χ4n) is 4.46. The van der Waals surface area contributed by atoms with Crippen LogP contribution in [0.25, 0.3) is 0 Å². The number of hydrogen-bond acceptors (Lipinski definition) is 2. The smallest absolute Gasteiger partial charge is 0.312 e. The standard InChI is InChI=1S/C12H17BrO2/c1-15-11(14)12-5-7-2-8(6-12)4-9(3-7)10(12)13/h7-10H,2-6H2,1H3. The molecule has 0 aliphatic heterocycles. The molecule has 4 saturated carbocycles. The number of esters is 1. The molecule has 0 amide bonds. The molecular formula is C12H17BrO2. The Labute approximate surface area is 98.9 Å². The summed E-state index contributed by atoms with van der Waals surface area (Å²) in [6.07, 6.45) is 6.12. The van der Waals surface area contributed by atoms with Gasteiger partial charge in [0.15, 0.2) is 0 Å². The molecule has 2 nitrogen and oxygen atoms in total. The lowest BCUT2D eigenvalue weighted by Crippen LogP contribution is -2.57. The first kappa shape index (κ1) is 10.1. The number of rotatable bonds is 1. The van der Waals surface area contributed by atoms with Crippen molar-refractivity contribution in [3.05, 3.63) is 0 Å². The van der Waals surface area contributed by atoms with Crippen LogP contribution in [0.3, 0.4) is 0 Å². The van der Waals surface area contributed by atoms with Crippen LogP contribution in [0.2, 0.25) is 0 Å². The van der Waals surface area contributed by atoms with E-state index < -0.39 is 0 Å². The highest BCUT2D eigenvalue weighted by atomic mass is 79.9. The van der Waals surface area contributed by atoms with Gasteiger partial charge in [0.25, 0.3) is 0 Å². The normalized spacial score (nSPS) is 51.9. The van der Waals surface area contributed by atoms with Crippen LogP contribution in [0.1, 0.15) is 32.1 Å². The van der Waals surface area contributed by atoms with Crippen molar-refractivity contribution in [2.45, 2.75) is 36.9 Å². The van der Waals surface area contributed by atoms with E-state index in [-0.39, 0.29) is 11.4 Å². The van der Waals surface area contributed by atoms with Gasteiger partial charge in [-0.1, -0.05) is 15.9 Å². The lowest BCUT2D eigenvalue weighted by atomic mass is 9.49. The summed E-state index contributed by atoms with van der Waals surface area (Å²) in [7, 11) is 1.53. The Bertz CT molecular complexity index is 288. The zero-order valence-electron chi connectivity index (χ0n) is 9.04. The van der Waals surface area contributed by atoms with Crippen molar-refractivity contribution in [3.8, 4) is 0 Å². The molecule has 15 heavy (non-hydrogen) atoms. The average molecular weight is 273 g/mol. The minimum atomic E-state index is -0.177. The molecule has 0 aromatic heterocycles. The SMILES string of the molecule is COC(=O)C12CC3CC(CC(C3)C1Br)C2. The summed E-state index contributed by atoms with van der Waals surface area (Å²) < 4.78 is 5.04. The quantitative estimate of drug-likeness (QED) is 0.542. The van der Waals surface area contributed by atoms with Gasteiger partial charge in [0.05, 0.1) is 12.5 Å². The number of hydrogen-bond donors (Lipinski definition) is 0. The van der Waals surface area contributed by atoms with Crippen LogP contribution in [-0.2, 0) is 9.53 Å². The van der Waals surface area contributed by atoms with E-state index in [9.17, 15) is 4.79 Å². The van der Waals surface area contributed by atoms with Crippen LogP contribution >= 0.6 is 15.9 Å². The summed E-state index contributed by atoms with van der Waals surface area (Å²) in [6.45, 7) is 0. The minimum Gasteiger partial charge on any atom is -0.469 e. The first-order chi connectivity index (χ1) is 7.15. The van der Waals surface area contributed by atoms with E-state index in [0.717, 1.165) is 30.6 Å². The summed E-state index contributed by atoms with van der Waals surface area (Å²) in [5.74, 6) is 2.32. The lowest BCUT2D eigenvalue weighted by Gasteiger charge is -2.57. The van der Waals surface area contributed by atoms with Crippen molar-refractivity contribution in [1.29, 1.82) is 0 Å². The van der Waals surface area contributed by atoms with Crippen molar-refractivity contribution in [1.82, 2.24) is 0 Å². The maximum atomic E-state index is 12.0. The molecule has 0 aromatic rings. The summed E-state index contributed by atoms with van der Waals surface area (Å²) in [4.78, 5) is 12.4. The van der Waals surface area contributed by atoms with Gasteiger partial charge in [0.1, 0.15) is 0 Å². The zero-order chi connectivity index (χ0) is 10.6. The van der Waals surface area contributed by atoms with Crippen molar-refractivity contribution >= 4 is 21.9 Å². The average Bonchev–Trinajstić information content (AvgIpc) is 2.23. The number of ether oxygens (including phenoxy) is 1. The van der Waals surface area contributed by atoms with Gasteiger partial charge in [0, 0.05) is 4.83 Å². The first-order valence-electron chi connectivity index (χ1n) is 5.88. The van der Waals surface area contributed by atoms with E-state index >= 15 is 0 Å². The van der Waals surface area contributed by atoms with E-state index in [1.54, 1.807) is 0 Å². The van der Waals surface area contributed by atoms with Crippen LogP contribution in [0.4, 0.5) is 0 Å². The summed E-state index contributed by atoms with van der Waals surface area (Å²) >= 11 is 3.78. The van der Waals surface area contributed by atoms with Gasteiger partial charge >= 0.3 is 5.97 Å². The van der Waals surface area contributed by atoms with Crippen LogP contribution in [0.5, 0.6) is 0 Å². The molecule has 3 unspecified atom stereocenters. The molecule has 0 aromatic carbocycles. The predicted molar refractivity (Wildman–Crippen MR) is 60.7 cm³/mol. The summed E-state index contributed by atoms with van der Waals surface area (Å²) in [5, 5.41) is 0. The molecule has 4 bridgehead atoms. The Hall–Kier alpha value is -0.0500. The maximum absolute atomic E-state index is 12.0. The van der Waals surface area contributed by atoms with Crippen LogP contribution in [0.15, 0.2) is 0 Å². The molecule has 84 valence electrons. The first-order valence-corrected chi connectivity index (χ1v) is 6.80.